The molecule has 2 N–H and O–H groups in total. The molecule has 2 atom stereocenters. The van der Waals surface area contributed by atoms with Crippen LogP contribution in [0.3, 0.4) is 0 Å². The predicted molar refractivity (Wildman–Crippen MR) is 43.5 cm³/mol. The van der Waals surface area contributed by atoms with Gasteiger partial charge in [-0.3, -0.25) is 4.57 Å². The summed E-state index contributed by atoms with van der Waals surface area (Å²) < 4.78 is 10.6. The van der Waals surface area contributed by atoms with Gasteiger partial charge in [0, 0.05) is 29.7 Å². The second kappa shape index (κ2) is 13.0. The quantitative estimate of drug-likeness (QED) is 0.337. The van der Waals surface area contributed by atoms with Crippen LogP contribution in [0.2, 0.25) is 0 Å². The van der Waals surface area contributed by atoms with Crippen molar-refractivity contribution in [1.29, 1.82) is 0 Å². The Labute approximate surface area is 180 Å². The average Bonchev–Trinajstić information content (AvgIpc) is 2.08. The minimum atomic E-state index is -4.84. The zero-order valence-electron chi connectivity index (χ0n) is 11.3. The van der Waals surface area contributed by atoms with Crippen LogP contribution < -0.4 is 104 Å². The fourth-order valence-electron chi connectivity index (χ4n) is 1.19. The first-order chi connectivity index (χ1) is 7.54. The van der Waals surface area contributed by atoms with Crippen LogP contribution in [-0.4, -0.2) is 33.9 Å². The summed E-state index contributed by atoms with van der Waals surface area (Å²) in [6.45, 7) is 0. The van der Waals surface area contributed by atoms with E-state index in [1.807, 2.05) is 0 Å². The summed E-state index contributed by atoms with van der Waals surface area (Å²) in [5.74, 6) is -10.3. The van der Waals surface area contributed by atoms with Crippen molar-refractivity contribution in [3.05, 3.63) is 0 Å². The van der Waals surface area contributed by atoms with Crippen molar-refractivity contribution < 1.29 is 133 Å². The second-order valence-corrected chi connectivity index (χ2v) is 4.97. The zero-order chi connectivity index (χ0) is 13.8. The first-order valence-electron chi connectivity index (χ1n) is 4.20. The molecule has 0 saturated carbocycles. The molecule has 0 aliphatic rings. The van der Waals surface area contributed by atoms with Crippen LogP contribution >= 0.6 is 7.60 Å². The Balaban J connectivity index is -0.000000427. The third kappa shape index (κ3) is 13.2. The molecule has 0 aromatic rings. The summed E-state index contributed by atoms with van der Waals surface area (Å²) in [6.07, 6.45) is -2.58. The number of carboxylic acid groups (broad SMARTS) is 3. The van der Waals surface area contributed by atoms with Gasteiger partial charge in [-0.15, -0.1) is 0 Å². The van der Waals surface area contributed by atoms with Gasteiger partial charge in [-0.1, -0.05) is 0 Å². The Kier molecular flexibility index (Phi) is 19.3. The monoisotopic (exact) mass is 336 g/mol. The summed E-state index contributed by atoms with van der Waals surface area (Å²) in [6, 6.07) is 0. The van der Waals surface area contributed by atoms with E-state index in [0.717, 1.165) is 0 Å². The van der Waals surface area contributed by atoms with Crippen LogP contribution in [-0.2, 0) is 18.9 Å². The first-order valence-corrected chi connectivity index (χ1v) is 6.00. The minimum absolute atomic E-state index is 0. The molecule has 2 unspecified atom stereocenters. The van der Waals surface area contributed by atoms with Crippen molar-refractivity contribution in [2.45, 2.75) is 6.42 Å². The molecule has 98 valence electrons. The fraction of sp³-hybridized carbons (Fsp3) is 0.571. The number of hydrogen-bond donors (Lipinski definition) is 2. The van der Waals surface area contributed by atoms with E-state index in [4.69, 9.17) is 9.79 Å². The molecule has 0 spiro atoms. The molecule has 20 heavy (non-hydrogen) atoms. The topological polar surface area (TPSA) is 178 Å². The Morgan fingerprint density at radius 2 is 1.25 bits per heavy atom. The van der Waals surface area contributed by atoms with E-state index in [0.29, 0.717) is 0 Å². The van der Waals surface area contributed by atoms with E-state index >= 15 is 0 Å². The SMILES string of the molecule is O=C([O-])CC(C(=O)[O-])C(CP(=O)(O)O)C(=O)[O-].[Na+].[Na+].[Na+]. The smallest absolute Gasteiger partial charge is 0.550 e. The first kappa shape index (κ1) is 29.6. The van der Waals surface area contributed by atoms with E-state index in [1.165, 1.54) is 0 Å². The molecule has 0 bridgehead atoms. The van der Waals surface area contributed by atoms with Crippen molar-refractivity contribution in [2.75, 3.05) is 6.16 Å². The van der Waals surface area contributed by atoms with E-state index in [1.54, 1.807) is 0 Å². The third-order valence-electron chi connectivity index (χ3n) is 1.91. The summed E-state index contributed by atoms with van der Waals surface area (Å²) in [5.41, 5.74) is 0. The van der Waals surface area contributed by atoms with Gasteiger partial charge in [0.15, 0.2) is 0 Å². The second-order valence-electron chi connectivity index (χ2n) is 3.27. The van der Waals surface area contributed by atoms with Gasteiger partial charge in [0.1, 0.15) is 0 Å². The van der Waals surface area contributed by atoms with Crippen LogP contribution in [0.1, 0.15) is 6.42 Å². The molecule has 0 heterocycles. The van der Waals surface area contributed by atoms with Crippen molar-refractivity contribution in [1.82, 2.24) is 0 Å². The Bertz CT molecular complexity index is 382. The van der Waals surface area contributed by atoms with E-state index < -0.39 is 49.9 Å². The van der Waals surface area contributed by atoms with Gasteiger partial charge in [-0.25, -0.2) is 0 Å². The Morgan fingerprint density at radius 1 is 0.900 bits per heavy atom. The summed E-state index contributed by atoms with van der Waals surface area (Å²) in [4.78, 5) is 48.4. The van der Waals surface area contributed by atoms with Crippen LogP contribution in [0.15, 0.2) is 0 Å². The molecule has 0 aromatic heterocycles. The van der Waals surface area contributed by atoms with Crippen LogP contribution in [0.25, 0.3) is 0 Å². The molecule has 0 aliphatic heterocycles. The molecular formula is C7H8Na3O9P. The van der Waals surface area contributed by atoms with Crippen molar-refractivity contribution in [3.63, 3.8) is 0 Å². The summed E-state index contributed by atoms with van der Waals surface area (Å²) >= 11 is 0. The molecule has 13 heteroatoms. The van der Waals surface area contributed by atoms with Crippen LogP contribution in [0, 0.1) is 11.8 Å². The van der Waals surface area contributed by atoms with Gasteiger partial charge in [0.25, 0.3) is 0 Å². The summed E-state index contributed by atoms with van der Waals surface area (Å²) in [7, 11) is -4.84. The fourth-order valence-corrected chi connectivity index (χ4v) is 2.11. The molecular weight excluding hydrogens is 328 g/mol. The van der Waals surface area contributed by atoms with E-state index in [9.17, 15) is 34.3 Å². The maximum Gasteiger partial charge on any atom is 1.00 e. The molecule has 0 saturated heterocycles. The number of rotatable bonds is 7. The van der Waals surface area contributed by atoms with Gasteiger partial charge < -0.3 is 39.5 Å². The minimum Gasteiger partial charge on any atom is -0.550 e. The maximum atomic E-state index is 10.6. The molecule has 9 nitrogen and oxygen atoms in total. The molecule has 0 aliphatic carbocycles. The van der Waals surface area contributed by atoms with Gasteiger partial charge in [-0.05, 0) is 6.42 Å². The number of carboxylic acids is 3. The van der Waals surface area contributed by atoms with Gasteiger partial charge in [0.2, 0.25) is 0 Å². The normalized spacial score (nSPS) is 12.7. The van der Waals surface area contributed by atoms with Crippen molar-refractivity contribution in [2.24, 2.45) is 11.8 Å². The number of hydrogen-bond acceptors (Lipinski definition) is 7. The number of carbonyl (C=O) groups is 3. The van der Waals surface area contributed by atoms with E-state index in [-0.39, 0.29) is 88.7 Å². The maximum absolute atomic E-state index is 10.6. The average molecular weight is 336 g/mol. The van der Waals surface area contributed by atoms with Crippen molar-refractivity contribution >= 4 is 25.5 Å². The predicted octanol–water partition coefficient (Wildman–Crippen LogP) is -14.0. The molecule has 0 rings (SSSR count). The zero-order valence-corrected chi connectivity index (χ0v) is 18.2. The van der Waals surface area contributed by atoms with Gasteiger partial charge in [0.05, 0.1) is 6.16 Å². The molecule has 0 amide bonds. The summed E-state index contributed by atoms with van der Waals surface area (Å²) in [5, 5.41) is 31.3. The van der Waals surface area contributed by atoms with Crippen LogP contribution in [0.4, 0.5) is 0 Å². The van der Waals surface area contributed by atoms with Crippen LogP contribution in [0.5, 0.6) is 0 Å². The Hall–Kier alpha value is 1.56. The molecule has 0 aromatic carbocycles. The third-order valence-corrected chi connectivity index (χ3v) is 2.78. The Morgan fingerprint density at radius 3 is 1.45 bits per heavy atom. The van der Waals surface area contributed by atoms with E-state index in [2.05, 4.69) is 0 Å². The molecule has 0 fully saturated rings. The number of aliphatic carboxylic acids is 3. The largest absolute Gasteiger partial charge is 1.00 e. The van der Waals surface area contributed by atoms with Crippen molar-refractivity contribution in [3.8, 4) is 0 Å². The standard InChI is InChI=1S/C7H11O9P.3Na/c8-5(9)1-3(6(10)11)4(7(12)13)2-17(14,15)16;;;/h3-4H,1-2H2,(H,8,9)(H,10,11)(H,12,13)(H2,14,15,16);;;/q;3*+1/p-3. The van der Waals surface area contributed by atoms with Gasteiger partial charge >= 0.3 is 96.3 Å². The van der Waals surface area contributed by atoms with Gasteiger partial charge in [-0.2, -0.15) is 0 Å². The number of carbonyl (C=O) groups excluding carboxylic acids is 3. The molecule has 0 radical (unpaired) electrons.